The van der Waals surface area contributed by atoms with Gasteiger partial charge >= 0.3 is 11.9 Å². The molecule has 0 amide bonds. The summed E-state index contributed by atoms with van der Waals surface area (Å²) in [5.74, 6) is -1.51. The second-order valence-corrected chi connectivity index (χ2v) is 3.55. The largest absolute Gasteiger partial charge is 0.480 e. The van der Waals surface area contributed by atoms with E-state index in [2.05, 4.69) is 10.1 Å². The third-order valence-corrected chi connectivity index (χ3v) is 1.85. The van der Waals surface area contributed by atoms with E-state index in [1.807, 2.05) is 0 Å². The average Bonchev–Trinajstić information content (AvgIpc) is 2.12. The number of carbonyl (C=O) groups is 2. The van der Waals surface area contributed by atoms with Crippen LogP contribution in [0, 0.1) is 5.92 Å². The Bertz CT molecular complexity index is 276. The van der Waals surface area contributed by atoms with Gasteiger partial charge in [-0.2, -0.15) is 0 Å². The summed E-state index contributed by atoms with van der Waals surface area (Å²) in [6, 6.07) is -0.703. The van der Waals surface area contributed by atoms with E-state index in [-0.39, 0.29) is 57.3 Å². The summed E-state index contributed by atoms with van der Waals surface area (Å²) in [7, 11) is 1.27. The number of carbonyl (C=O) groups excluding carboxylic acids is 1. The van der Waals surface area contributed by atoms with Crippen molar-refractivity contribution in [1.29, 1.82) is 0 Å². The van der Waals surface area contributed by atoms with Gasteiger partial charge < -0.3 is 15.2 Å². The number of allylic oxidation sites excluding steroid dienone is 1. The minimum atomic E-state index is -0.942. The zero-order valence-corrected chi connectivity index (χ0v) is 13.5. The van der Waals surface area contributed by atoms with Gasteiger partial charge in [0, 0.05) is 63.2 Å². The third kappa shape index (κ3) is 7.40. The van der Waals surface area contributed by atoms with Gasteiger partial charge in [0.1, 0.15) is 6.04 Å². The molecule has 0 unspecified atom stereocenters. The predicted molar refractivity (Wildman–Crippen MR) is 60.9 cm³/mol. The number of hydrogen-bond acceptors (Lipinski definition) is 4. The Kier molecular flexibility index (Phi) is 10.6. The Hall–Kier alpha value is 0.116. The normalized spacial score (nSPS) is 12.7. The smallest absolute Gasteiger partial charge is 0.332 e. The first-order chi connectivity index (χ1) is 6.88. The number of methoxy groups -OCH3 is 1. The molecular weight excluding hydrogens is 237 g/mol. The quantitative estimate of drug-likeness (QED) is 0.421. The zero-order chi connectivity index (χ0) is 12.0. The first-order valence-corrected chi connectivity index (χ1v) is 4.64. The molecule has 87 valence electrons. The Labute approximate surface area is 138 Å². The van der Waals surface area contributed by atoms with E-state index in [9.17, 15) is 9.59 Å². The first kappa shape index (κ1) is 18.5. The number of carboxylic acid groups (broad SMARTS) is 1. The van der Waals surface area contributed by atoms with Gasteiger partial charge in [-0.1, -0.05) is 13.8 Å². The van der Waals surface area contributed by atoms with Crippen molar-refractivity contribution in [3.8, 4) is 0 Å². The summed E-state index contributed by atoms with van der Waals surface area (Å²) < 4.78 is 4.42. The van der Waals surface area contributed by atoms with Crippen LogP contribution in [0.5, 0.6) is 0 Å². The molecule has 0 spiro atoms. The molecule has 2 N–H and O–H groups in total. The van der Waals surface area contributed by atoms with Crippen molar-refractivity contribution in [2.75, 3.05) is 7.11 Å². The maximum atomic E-state index is 10.9. The van der Waals surface area contributed by atoms with E-state index in [1.54, 1.807) is 20.8 Å². The fourth-order valence-electron chi connectivity index (χ4n) is 1.04. The van der Waals surface area contributed by atoms with E-state index < -0.39 is 18.0 Å². The maximum Gasteiger partial charge on any atom is 0.332 e. The molecule has 0 saturated heterocycles. The van der Waals surface area contributed by atoms with Gasteiger partial charge in [-0.05, 0) is 12.8 Å². The molecule has 0 aromatic rings. The Balaban J connectivity index is 0. The second kappa shape index (κ2) is 9.18. The number of rotatable bonds is 5. The van der Waals surface area contributed by atoms with E-state index >= 15 is 0 Å². The monoisotopic (exact) mass is 254 g/mol. The number of hydrogen-bond donors (Lipinski definition) is 2. The van der Waals surface area contributed by atoms with Gasteiger partial charge in [0.25, 0.3) is 0 Å². The molecule has 0 bridgehead atoms. The maximum absolute atomic E-state index is 10.9. The SMILES string of the molecule is COC(=O)C=C(C)N[C@@H](C(=O)O)C(C)C.[K]. The standard InChI is InChI=1S/C10H17NO4.K/c1-6(2)9(10(13)14)11-7(3)5-8(12)15-4;/h5-6,9,11H,1-4H3,(H,13,14);/t9-;/m1./s1. The number of nitrogens with one attached hydrogen (secondary N) is 1. The van der Waals surface area contributed by atoms with Crippen molar-refractivity contribution in [2.45, 2.75) is 26.8 Å². The van der Waals surface area contributed by atoms with Crippen molar-refractivity contribution in [1.82, 2.24) is 5.32 Å². The van der Waals surface area contributed by atoms with Crippen molar-refractivity contribution in [2.24, 2.45) is 5.92 Å². The number of carboxylic acids is 1. The van der Waals surface area contributed by atoms with Gasteiger partial charge in [-0.15, -0.1) is 0 Å². The van der Waals surface area contributed by atoms with Crippen LogP contribution < -0.4 is 5.32 Å². The van der Waals surface area contributed by atoms with E-state index in [0.717, 1.165) is 0 Å². The van der Waals surface area contributed by atoms with Crippen molar-refractivity contribution in [3.63, 3.8) is 0 Å². The summed E-state index contributed by atoms with van der Waals surface area (Å²) in [6.07, 6.45) is 1.22. The van der Waals surface area contributed by atoms with Gasteiger partial charge in [-0.3, -0.25) is 0 Å². The van der Waals surface area contributed by atoms with Crippen LogP contribution in [0.1, 0.15) is 20.8 Å². The minimum absolute atomic E-state index is 0. The Morgan fingerprint density at radius 2 is 1.88 bits per heavy atom. The van der Waals surface area contributed by atoms with Crippen LogP contribution >= 0.6 is 0 Å². The molecule has 0 rings (SSSR count). The molecule has 0 saturated carbocycles. The number of ether oxygens (including phenoxy) is 1. The van der Waals surface area contributed by atoms with Crippen LogP contribution in [0.4, 0.5) is 0 Å². The number of esters is 1. The molecule has 1 atom stereocenters. The molecule has 16 heavy (non-hydrogen) atoms. The van der Waals surface area contributed by atoms with Crippen LogP contribution in [-0.4, -0.2) is 81.6 Å². The second-order valence-electron chi connectivity index (χ2n) is 3.55. The third-order valence-electron chi connectivity index (χ3n) is 1.85. The molecule has 0 heterocycles. The summed E-state index contributed by atoms with van der Waals surface area (Å²) in [5, 5.41) is 11.6. The fourth-order valence-corrected chi connectivity index (χ4v) is 1.04. The molecular formula is C10H17KNO4. The topological polar surface area (TPSA) is 75.6 Å². The van der Waals surface area contributed by atoms with E-state index in [1.165, 1.54) is 13.2 Å². The Morgan fingerprint density at radius 3 is 2.19 bits per heavy atom. The zero-order valence-electron chi connectivity index (χ0n) is 10.4. The molecule has 5 nitrogen and oxygen atoms in total. The molecule has 6 heteroatoms. The Morgan fingerprint density at radius 1 is 1.38 bits per heavy atom. The summed E-state index contributed by atoms with van der Waals surface area (Å²) in [4.78, 5) is 21.7. The molecule has 0 aromatic carbocycles. The molecule has 0 aliphatic heterocycles. The van der Waals surface area contributed by atoms with Gasteiger partial charge in [0.15, 0.2) is 0 Å². The molecule has 1 radical (unpaired) electrons. The van der Waals surface area contributed by atoms with Crippen molar-refractivity contribution < 1.29 is 19.4 Å². The minimum Gasteiger partial charge on any atom is -0.480 e. The van der Waals surface area contributed by atoms with E-state index in [4.69, 9.17) is 5.11 Å². The summed E-state index contributed by atoms with van der Waals surface area (Å²) >= 11 is 0. The van der Waals surface area contributed by atoms with Gasteiger partial charge in [0.2, 0.25) is 0 Å². The van der Waals surface area contributed by atoms with Gasteiger partial charge in [-0.25, -0.2) is 9.59 Å². The van der Waals surface area contributed by atoms with Crippen LogP contribution in [-0.2, 0) is 14.3 Å². The van der Waals surface area contributed by atoms with Crippen LogP contribution in [0.2, 0.25) is 0 Å². The van der Waals surface area contributed by atoms with E-state index in [0.29, 0.717) is 5.70 Å². The van der Waals surface area contributed by atoms with Crippen LogP contribution in [0.15, 0.2) is 11.8 Å². The molecule has 0 aliphatic rings. The molecule has 0 fully saturated rings. The first-order valence-electron chi connectivity index (χ1n) is 4.64. The molecule has 0 aromatic heterocycles. The van der Waals surface area contributed by atoms with Crippen molar-refractivity contribution >= 4 is 63.3 Å². The number of aliphatic carboxylic acids is 1. The average molecular weight is 254 g/mol. The summed E-state index contributed by atoms with van der Waals surface area (Å²) in [5.41, 5.74) is 0.475. The van der Waals surface area contributed by atoms with Crippen LogP contribution in [0.25, 0.3) is 0 Å². The van der Waals surface area contributed by atoms with Crippen LogP contribution in [0.3, 0.4) is 0 Å². The fraction of sp³-hybridized carbons (Fsp3) is 0.600. The molecule has 0 aliphatic carbocycles. The predicted octanol–water partition coefficient (Wildman–Crippen LogP) is 0.381. The van der Waals surface area contributed by atoms with Gasteiger partial charge in [0.05, 0.1) is 7.11 Å². The summed E-state index contributed by atoms with van der Waals surface area (Å²) in [6.45, 7) is 5.20. The van der Waals surface area contributed by atoms with Crippen molar-refractivity contribution in [3.05, 3.63) is 11.8 Å².